The number of nitrogens with zero attached hydrogens (tertiary/aromatic N) is 3. The first-order valence-electron chi connectivity index (χ1n) is 5.31. The Balaban J connectivity index is 2.33. The summed E-state index contributed by atoms with van der Waals surface area (Å²) in [5.41, 5.74) is -0.124. The van der Waals surface area contributed by atoms with Crippen LogP contribution in [-0.4, -0.2) is 20.8 Å². The maximum atomic E-state index is 12.1. The summed E-state index contributed by atoms with van der Waals surface area (Å²) in [4.78, 5) is 29.7. The number of rotatable bonds is 3. The van der Waals surface area contributed by atoms with Gasteiger partial charge in [0.25, 0.3) is 11.6 Å². The van der Waals surface area contributed by atoms with Crippen molar-refractivity contribution in [2.24, 2.45) is 0 Å². The molecule has 0 bridgehead atoms. The summed E-state index contributed by atoms with van der Waals surface area (Å²) in [7, 11) is 0. The minimum absolute atomic E-state index is 0.0324. The lowest BCUT2D eigenvalue weighted by molar-refractivity contribution is -0.385. The van der Waals surface area contributed by atoms with Gasteiger partial charge in [-0.15, -0.1) is 0 Å². The molecule has 1 amide bonds. The number of nitrogens with one attached hydrogen (secondary N) is 1. The van der Waals surface area contributed by atoms with Crippen LogP contribution in [0.25, 0.3) is 0 Å². The number of amides is 1. The van der Waals surface area contributed by atoms with E-state index in [1.54, 1.807) is 0 Å². The highest BCUT2D eigenvalue weighted by molar-refractivity contribution is 9.10. The second-order valence-corrected chi connectivity index (χ2v) is 5.28. The zero-order valence-corrected chi connectivity index (χ0v) is 13.1. The van der Waals surface area contributed by atoms with Crippen LogP contribution in [-0.2, 0) is 0 Å². The van der Waals surface area contributed by atoms with E-state index in [1.807, 2.05) is 0 Å². The zero-order valence-electron chi connectivity index (χ0n) is 10.0. The van der Waals surface area contributed by atoms with Crippen LogP contribution in [0.3, 0.4) is 0 Å². The van der Waals surface area contributed by atoms with Crippen molar-refractivity contribution in [1.82, 2.24) is 9.97 Å². The summed E-state index contributed by atoms with van der Waals surface area (Å²) in [5.74, 6) is -0.621. The maximum Gasteiger partial charge on any atom is 0.284 e. The van der Waals surface area contributed by atoms with Gasteiger partial charge in [-0.05, 0) is 28.1 Å². The van der Waals surface area contributed by atoms with Crippen molar-refractivity contribution in [2.75, 3.05) is 5.32 Å². The van der Waals surface area contributed by atoms with Gasteiger partial charge in [0.1, 0.15) is 12.0 Å². The van der Waals surface area contributed by atoms with Gasteiger partial charge in [0.05, 0.1) is 9.40 Å². The summed E-state index contributed by atoms with van der Waals surface area (Å²) in [6.07, 6.45) is 1.14. The Bertz CT molecular complexity index is 721. The number of anilines is 1. The minimum atomic E-state index is -0.621. The van der Waals surface area contributed by atoms with E-state index in [-0.39, 0.29) is 31.7 Å². The maximum absolute atomic E-state index is 12.1. The molecule has 1 N–H and O–H groups in total. The average molecular weight is 392 g/mol. The topological polar surface area (TPSA) is 98.0 Å². The predicted molar refractivity (Wildman–Crippen MR) is 80.8 cm³/mol. The highest BCUT2D eigenvalue weighted by atomic mass is 79.9. The molecule has 0 radical (unpaired) electrons. The quantitative estimate of drug-likeness (QED) is 0.488. The molecule has 21 heavy (non-hydrogen) atoms. The van der Waals surface area contributed by atoms with Crippen LogP contribution in [0.5, 0.6) is 0 Å². The zero-order chi connectivity index (χ0) is 15.6. The van der Waals surface area contributed by atoms with Gasteiger partial charge < -0.3 is 5.32 Å². The fourth-order valence-electron chi connectivity index (χ4n) is 1.43. The Morgan fingerprint density at radius 2 is 1.90 bits per heavy atom. The lowest BCUT2D eigenvalue weighted by Crippen LogP contribution is -2.13. The first kappa shape index (κ1) is 15.6. The third-order valence-corrected chi connectivity index (χ3v) is 3.64. The number of hydrogen-bond acceptors (Lipinski definition) is 5. The molecule has 0 saturated heterocycles. The second kappa shape index (κ2) is 6.33. The number of halogens is 3. The normalized spacial score (nSPS) is 10.2. The fourth-order valence-corrected chi connectivity index (χ4v) is 2.23. The molecule has 1 heterocycles. The standard InChI is InChI=1S/C11H5BrCl2N4O3/c12-6-2-1-5(3-7(6)18(20)21)11(19)17-8-9(13)15-4-16-10(8)14/h1-4H,(H,17,19). The largest absolute Gasteiger partial charge is 0.317 e. The smallest absolute Gasteiger partial charge is 0.284 e. The van der Waals surface area contributed by atoms with E-state index in [4.69, 9.17) is 23.2 Å². The fraction of sp³-hybridized carbons (Fsp3) is 0. The van der Waals surface area contributed by atoms with Crippen LogP contribution in [0.2, 0.25) is 10.3 Å². The molecule has 7 nitrogen and oxygen atoms in total. The number of benzene rings is 1. The van der Waals surface area contributed by atoms with Crippen LogP contribution in [0.1, 0.15) is 10.4 Å². The van der Waals surface area contributed by atoms with E-state index in [2.05, 4.69) is 31.2 Å². The number of aromatic nitrogens is 2. The van der Waals surface area contributed by atoms with Crippen LogP contribution in [0.15, 0.2) is 29.0 Å². The van der Waals surface area contributed by atoms with Crippen molar-refractivity contribution in [1.29, 1.82) is 0 Å². The highest BCUT2D eigenvalue weighted by Crippen LogP contribution is 2.28. The third kappa shape index (κ3) is 3.46. The molecule has 1 aromatic heterocycles. The summed E-state index contributed by atoms with van der Waals surface area (Å²) in [6.45, 7) is 0. The van der Waals surface area contributed by atoms with Gasteiger partial charge in [0.2, 0.25) is 0 Å². The first-order chi connectivity index (χ1) is 9.90. The number of hydrogen-bond donors (Lipinski definition) is 1. The van der Waals surface area contributed by atoms with E-state index >= 15 is 0 Å². The molecule has 0 aliphatic rings. The van der Waals surface area contributed by atoms with Crippen molar-refractivity contribution in [3.63, 3.8) is 0 Å². The first-order valence-corrected chi connectivity index (χ1v) is 6.86. The van der Waals surface area contributed by atoms with Crippen LogP contribution < -0.4 is 5.32 Å². The predicted octanol–water partition coefficient (Wildman–Crippen LogP) is 3.71. The van der Waals surface area contributed by atoms with Gasteiger partial charge in [-0.3, -0.25) is 14.9 Å². The Kier molecular flexibility index (Phi) is 4.71. The van der Waals surface area contributed by atoms with Gasteiger partial charge in [-0.2, -0.15) is 0 Å². The molecule has 0 atom stereocenters. The molecule has 1 aromatic carbocycles. The molecule has 0 unspecified atom stereocenters. The number of nitro groups is 1. The Hall–Kier alpha value is -1.77. The molecule has 0 fully saturated rings. The van der Waals surface area contributed by atoms with Gasteiger partial charge in [0, 0.05) is 11.6 Å². The van der Waals surface area contributed by atoms with Crippen molar-refractivity contribution in [2.45, 2.75) is 0 Å². The van der Waals surface area contributed by atoms with Crippen molar-refractivity contribution >= 4 is 56.4 Å². The van der Waals surface area contributed by atoms with Crippen molar-refractivity contribution in [3.8, 4) is 0 Å². The van der Waals surface area contributed by atoms with Gasteiger partial charge in [-0.1, -0.05) is 23.2 Å². The van der Waals surface area contributed by atoms with Gasteiger partial charge in [0.15, 0.2) is 10.3 Å². The summed E-state index contributed by atoms with van der Waals surface area (Å²) >= 11 is 14.6. The summed E-state index contributed by atoms with van der Waals surface area (Å²) in [6, 6.07) is 3.95. The second-order valence-electron chi connectivity index (χ2n) is 3.71. The third-order valence-electron chi connectivity index (χ3n) is 2.40. The average Bonchev–Trinajstić information content (AvgIpc) is 2.43. The lowest BCUT2D eigenvalue weighted by Gasteiger charge is -2.07. The van der Waals surface area contributed by atoms with Crippen molar-refractivity contribution in [3.05, 3.63) is 55.0 Å². The van der Waals surface area contributed by atoms with Crippen LogP contribution in [0, 0.1) is 10.1 Å². The molecule has 2 aromatic rings. The molecule has 0 saturated carbocycles. The number of carbonyl (C=O) groups is 1. The molecular formula is C11H5BrCl2N4O3. The monoisotopic (exact) mass is 390 g/mol. The molecule has 0 spiro atoms. The Morgan fingerprint density at radius 3 is 2.48 bits per heavy atom. The lowest BCUT2D eigenvalue weighted by atomic mass is 10.2. The van der Waals surface area contributed by atoms with Gasteiger partial charge in [-0.25, -0.2) is 9.97 Å². The molecular weight excluding hydrogens is 387 g/mol. The number of nitro benzene ring substituents is 1. The van der Waals surface area contributed by atoms with E-state index < -0.39 is 10.8 Å². The highest BCUT2D eigenvalue weighted by Gasteiger charge is 2.18. The Morgan fingerprint density at radius 1 is 1.29 bits per heavy atom. The number of carbonyl (C=O) groups excluding carboxylic acids is 1. The molecule has 2 rings (SSSR count). The van der Waals surface area contributed by atoms with E-state index in [9.17, 15) is 14.9 Å². The van der Waals surface area contributed by atoms with E-state index in [1.165, 1.54) is 12.1 Å². The SMILES string of the molecule is O=C(Nc1c(Cl)ncnc1Cl)c1ccc(Br)c([N+](=O)[O-])c1. The van der Waals surface area contributed by atoms with Crippen molar-refractivity contribution < 1.29 is 9.72 Å². The van der Waals surface area contributed by atoms with Crippen LogP contribution in [0.4, 0.5) is 11.4 Å². The van der Waals surface area contributed by atoms with E-state index in [0.717, 1.165) is 12.4 Å². The molecule has 10 heteroatoms. The van der Waals surface area contributed by atoms with Gasteiger partial charge >= 0.3 is 0 Å². The molecule has 0 aliphatic carbocycles. The molecule has 108 valence electrons. The van der Waals surface area contributed by atoms with E-state index in [0.29, 0.717) is 0 Å². The Labute approximate surface area is 136 Å². The van der Waals surface area contributed by atoms with Crippen LogP contribution >= 0.6 is 39.1 Å². The summed E-state index contributed by atoms with van der Waals surface area (Å²) in [5, 5.41) is 13.2. The minimum Gasteiger partial charge on any atom is -0.317 e. The summed E-state index contributed by atoms with van der Waals surface area (Å²) < 4.78 is 0.267. The molecule has 0 aliphatic heterocycles.